The Bertz CT molecular complexity index is 673. The smallest absolute Gasteiger partial charge is 0.387 e. The number of nitrogens with one attached hydrogen (secondary N) is 3. The van der Waals surface area contributed by atoms with Crippen LogP contribution in [0.25, 0.3) is 0 Å². The molecule has 29 heavy (non-hydrogen) atoms. The molecule has 1 aliphatic carbocycles. The third-order valence-electron chi connectivity index (χ3n) is 3.95. The van der Waals surface area contributed by atoms with E-state index in [0.717, 1.165) is 18.4 Å². The molecular formula is C19H29F2IN4O3. The second kappa shape index (κ2) is 13.4. The van der Waals surface area contributed by atoms with E-state index in [1.807, 2.05) is 6.92 Å². The van der Waals surface area contributed by atoms with E-state index in [-0.39, 0.29) is 47.3 Å². The molecule has 1 aromatic rings. The third kappa shape index (κ3) is 9.46. The highest BCUT2D eigenvalue weighted by Crippen LogP contribution is 2.30. The number of alkyl halides is 2. The maximum atomic E-state index is 12.5. The maximum absolute atomic E-state index is 12.5. The molecule has 0 heterocycles. The van der Waals surface area contributed by atoms with E-state index in [4.69, 9.17) is 4.74 Å². The summed E-state index contributed by atoms with van der Waals surface area (Å²) >= 11 is 0. The highest BCUT2D eigenvalue weighted by Gasteiger charge is 2.28. The number of carbonyl (C=O) groups is 1. The lowest BCUT2D eigenvalue weighted by molar-refractivity contribution is -0.122. The molecule has 0 saturated heterocycles. The van der Waals surface area contributed by atoms with Gasteiger partial charge in [-0.15, -0.1) is 24.0 Å². The number of nitrogens with zero attached hydrogens (tertiary/aromatic N) is 1. The molecule has 0 radical (unpaired) electrons. The Morgan fingerprint density at radius 3 is 2.52 bits per heavy atom. The number of halogens is 3. The lowest BCUT2D eigenvalue weighted by Crippen LogP contribution is -2.41. The summed E-state index contributed by atoms with van der Waals surface area (Å²) in [6, 6.07) is 4.77. The molecule has 0 atom stereocenters. The first-order chi connectivity index (χ1) is 13.5. The molecule has 1 saturated carbocycles. The van der Waals surface area contributed by atoms with Gasteiger partial charge in [-0.2, -0.15) is 8.78 Å². The Balaban J connectivity index is 0.00000420. The lowest BCUT2D eigenvalue weighted by atomic mass is 10.2. The van der Waals surface area contributed by atoms with E-state index in [9.17, 15) is 13.6 Å². The van der Waals surface area contributed by atoms with Crippen LogP contribution in [0.15, 0.2) is 23.2 Å². The molecule has 1 fully saturated rings. The van der Waals surface area contributed by atoms with Crippen LogP contribution in [-0.2, 0) is 11.3 Å². The Kier molecular flexibility index (Phi) is 11.6. The van der Waals surface area contributed by atoms with E-state index in [1.165, 1.54) is 6.07 Å². The van der Waals surface area contributed by atoms with E-state index < -0.39 is 6.61 Å². The summed E-state index contributed by atoms with van der Waals surface area (Å²) in [7, 11) is 0. The minimum absolute atomic E-state index is 0. The van der Waals surface area contributed by atoms with E-state index in [1.54, 1.807) is 19.1 Å². The topological polar surface area (TPSA) is 84.0 Å². The summed E-state index contributed by atoms with van der Waals surface area (Å²) in [4.78, 5) is 16.1. The second-order valence-corrected chi connectivity index (χ2v) is 6.28. The van der Waals surface area contributed by atoms with Crippen molar-refractivity contribution >= 4 is 35.8 Å². The first-order valence-corrected chi connectivity index (χ1v) is 9.53. The van der Waals surface area contributed by atoms with Crippen molar-refractivity contribution in [1.82, 2.24) is 16.0 Å². The van der Waals surface area contributed by atoms with Crippen molar-refractivity contribution in [3.05, 3.63) is 23.8 Å². The van der Waals surface area contributed by atoms with Gasteiger partial charge in [0, 0.05) is 25.6 Å². The molecular weight excluding hydrogens is 497 g/mol. The Hall–Kier alpha value is -1.85. The van der Waals surface area contributed by atoms with Crippen molar-refractivity contribution in [3.63, 3.8) is 0 Å². The third-order valence-corrected chi connectivity index (χ3v) is 3.95. The minimum atomic E-state index is -2.91. The summed E-state index contributed by atoms with van der Waals surface area (Å²) in [6.45, 7) is 3.24. The predicted octanol–water partition coefficient (Wildman–Crippen LogP) is 2.89. The van der Waals surface area contributed by atoms with Crippen LogP contribution in [-0.4, -0.2) is 44.7 Å². The van der Waals surface area contributed by atoms with Gasteiger partial charge < -0.3 is 25.4 Å². The van der Waals surface area contributed by atoms with Crippen LogP contribution >= 0.6 is 24.0 Å². The average Bonchev–Trinajstić information content (AvgIpc) is 3.50. The molecule has 7 nitrogen and oxygen atoms in total. The fraction of sp³-hybridized carbons (Fsp3) is 0.579. The molecule has 1 aliphatic rings. The van der Waals surface area contributed by atoms with Crippen LogP contribution in [0.4, 0.5) is 8.78 Å². The zero-order chi connectivity index (χ0) is 20.4. The minimum Gasteiger partial charge on any atom is -0.490 e. The molecule has 0 bridgehead atoms. The summed E-state index contributed by atoms with van der Waals surface area (Å²) in [5.74, 6) is 1.17. The molecule has 1 amide bonds. The fourth-order valence-electron chi connectivity index (χ4n) is 2.48. The summed E-state index contributed by atoms with van der Waals surface area (Å²) in [6.07, 6.45) is 1.96. The standard InChI is InChI=1S/C19H28F2N4O3.HI/c1-3-22-19(24-10-9-23-17(26)14-6-7-14)25-12-13-5-8-15(28-18(20)21)16(11-13)27-4-2;/h5,8,11,14,18H,3-4,6-7,9-10,12H2,1-2H3,(H,23,26)(H2,22,24,25);1H. The first kappa shape index (κ1) is 25.2. The van der Waals surface area contributed by atoms with Crippen molar-refractivity contribution in [3.8, 4) is 11.5 Å². The summed E-state index contributed by atoms with van der Waals surface area (Å²) in [5.41, 5.74) is 0.796. The fourth-order valence-corrected chi connectivity index (χ4v) is 2.48. The molecule has 0 aromatic heterocycles. The highest BCUT2D eigenvalue weighted by molar-refractivity contribution is 14.0. The number of aliphatic imine (C=N–C) groups is 1. The number of ether oxygens (including phenoxy) is 2. The Morgan fingerprint density at radius 1 is 1.17 bits per heavy atom. The first-order valence-electron chi connectivity index (χ1n) is 9.53. The predicted molar refractivity (Wildman–Crippen MR) is 118 cm³/mol. The van der Waals surface area contributed by atoms with Crippen LogP contribution in [0.5, 0.6) is 11.5 Å². The van der Waals surface area contributed by atoms with Gasteiger partial charge in [0.15, 0.2) is 17.5 Å². The van der Waals surface area contributed by atoms with Gasteiger partial charge >= 0.3 is 6.61 Å². The highest BCUT2D eigenvalue weighted by atomic mass is 127. The molecule has 0 unspecified atom stereocenters. The normalized spacial score (nSPS) is 13.5. The van der Waals surface area contributed by atoms with Crippen LogP contribution in [0.2, 0.25) is 0 Å². The van der Waals surface area contributed by atoms with Gasteiger partial charge in [-0.05, 0) is 44.4 Å². The monoisotopic (exact) mass is 526 g/mol. The van der Waals surface area contributed by atoms with Crippen molar-refractivity contribution < 1.29 is 23.0 Å². The van der Waals surface area contributed by atoms with Gasteiger partial charge in [0.2, 0.25) is 5.91 Å². The molecule has 0 aliphatic heterocycles. The van der Waals surface area contributed by atoms with Crippen LogP contribution in [0.1, 0.15) is 32.3 Å². The largest absolute Gasteiger partial charge is 0.490 e. The van der Waals surface area contributed by atoms with Gasteiger partial charge in [0.05, 0.1) is 13.2 Å². The molecule has 10 heteroatoms. The van der Waals surface area contributed by atoms with Gasteiger partial charge in [-0.1, -0.05) is 6.07 Å². The molecule has 0 spiro atoms. The Labute approximate surface area is 187 Å². The molecule has 164 valence electrons. The zero-order valence-electron chi connectivity index (χ0n) is 16.7. The van der Waals surface area contributed by atoms with E-state index >= 15 is 0 Å². The average molecular weight is 526 g/mol. The van der Waals surface area contributed by atoms with Crippen LogP contribution in [0, 0.1) is 5.92 Å². The SMILES string of the molecule is CCNC(=NCc1ccc(OC(F)F)c(OCC)c1)NCCNC(=O)C1CC1.I. The number of carbonyl (C=O) groups excluding carboxylic acids is 1. The number of amides is 1. The number of guanidine groups is 1. The number of hydrogen-bond acceptors (Lipinski definition) is 4. The van der Waals surface area contributed by atoms with E-state index in [2.05, 4.69) is 25.7 Å². The summed E-state index contributed by atoms with van der Waals surface area (Å²) < 4.78 is 34.8. The van der Waals surface area contributed by atoms with Crippen molar-refractivity contribution in [2.24, 2.45) is 10.9 Å². The quantitative estimate of drug-likeness (QED) is 0.179. The zero-order valence-corrected chi connectivity index (χ0v) is 19.0. The van der Waals surface area contributed by atoms with Gasteiger partial charge in [0.1, 0.15) is 0 Å². The summed E-state index contributed by atoms with van der Waals surface area (Å²) in [5, 5.41) is 9.16. The van der Waals surface area contributed by atoms with Crippen molar-refractivity contribution in [1.29, 1.82) is 0 Å². The van der Waals surface area contributed by atoms with Crippen LogP contribution in [0.3, 0.4) is 0 Å². The van der Waals surface area contributed by atoms with E-state index in [0.29, 0.717) is 38.7 Å². The lowest BCUT2D eigenvalue weighted by Gasteiger charge is -2.13. The van der Waals surface area contributed by atoms with Gasteiger partial charge in [0.25, 0.3) is 0 Å². The maximum Gasteiger partial charge on any atom is 0.387 e. The Morgan fingerprint density at radius 2 is 1.90 bits per heavy atom. The van der Waals surface area contributed by atoms with Crippen molar-refractivity contribution in [2.75, 3.05) is 26.2 Å². The molecule has 3 N–H and O–H groups in total. The molecule has 1 aromatic carbocycles. The number of benzene rings is 1. The number of hydrogen-bond donors (Lipinski definition) is 3. The van der Waals surface area contributed by atoms with Gasteiger partial charge in [-0.25, -0.2) is 4.99 Å². The molecule has 2 rings (SSSR count). The second-order valence-electron chi connectivity index (χ2n) is 6.28. The van der Waals surface area contributed by atoms with Gasteiger partial charge in [-0.3, -0.25) is 4.79 Å². The van der Waals surface area contributed by atoms with Crippen LogP contribution < -0.4 is 25.4 Å². The number of rotatable bonds is 11. The van der Waals surface area contributed by atoms with Crippen molar-refractivity contribution in [2.45, 2.75) is 39.8 Å².